The van der Waals surface area contributed by atoms with Gasteiger partial charge in [-0.25, -0.2) is 0 Å². The Morgan fingerprint density at radius 2 is 1.73 bits per heavy atom. The third-order valence-corrected chi connectivity index (χ3v) is 9.79. The lowest BCUT2D eigenvalue weighted by molar-refractivity contribution is -0.120. The van der Waals surface area contributed by atoms with Gasteiger partial charge in [0, 0.05) is 18.9 Å². The number of carbonyl (C=O) groups excluding carboxylic acids is 2. The Balaban J connectivity index is 1.49. The maximum atomic E-state index is 13.9. The lowest BCUT2D eigenvalue weighted by Gasteiger charge is -2.23. The molecule has 5 rings (SSSR count). The molecule has 0 bridgehead atoms. The number of aryl methyl sites for hydroxylation is 3. The highest BCUT2D eigenvalue weighted by Gasteiger charge is 2.30. The average Bonchev–Trinajstić information content (AvgIpc) is 3.42. The van der Waals surface area contributed by atoms with Gasteiger partial charge < -0.3 is 24.8 Å². The third kappa shape index (κ3) is 8.02. The Hall–Kier alpha value is -4.97. The van der Waals surface area contributed by atoms with Crippen LogP contribution in [0.4, 0.5) is 10.8 Å². The van der Waals surface area contributed by atoms with Gasteiger partial charge in [-0.05, 0) is 65.6 Å². The number of hydrogen-bond acceptors (Lipinski definition) is 10. The zero-order valence-electron chi connectivity index (χ0n) is 28.7. The minimum atomic E-state index is -0.742. The van der Waals surface area contributed by atoms with E-state index in [1.165, 1.54) is 23.8 Å². The largest absolute Gasteiger partial charge is 0.493 e. The zero-order valence-corrected chi connectivity index (χ0v) is 29.5. The summed E-state index contributed by atoms with van der Waals surface area (Å²) in [5.41, 5.74) is 4.15. The van der Waals surface area contributed by atoms with E-state index in [0.29, 0.717) is 59.2 Å². The number of methoxy groups -OCH3 is 3. The summed E-state index contributed by atoms with van der Waals surface area (Å²) in [6.45, 7) is 5.41. The van der Waals surface area contributed by atoms with Crippen molar-refractivity contribution >= 4 is 34.0 Å². The molecule has 3 unspecified atom stereocenters. The standard InChI is InChI=1S/C37H43N5O6S/c1-7-21(2)33(36(45)40-37-42-41-31(49-37)18-13-23-11-9-8-10-12-23)39-28-17-15-25-26(20-29(28)44)27(38-22(3)43)16-14-24-19-30(46-4)34(47-5)35(48-6)32(24)25/h8-12,15,17,19-21,27,33H,7,13-14,16,18H2,1-6H3,(H,38,43)(H,39,44)(H,40,42,45). The van der Waals surface area contributed by atoms with Crippen molar-refractivity contribution in [1.29, 1.82) is 0 Å². The molecule has 1 aliphatic rings. The molecular weight excluding hydrogens is 643 g/mol. The van der Waals surface area contributed by atoms with Crippen LogP contribution in [0, 0.1) is 5.92 Å². The van der Waals surface area contributed by atoms with Crippen LogP contribution in [0.25, 0.3) is 11.1 Å². The second-order valence-corrected chi connectivity index (χ2v) is 13.1. The fraction of sp³-hybridized carbons (Fsp3) is 0.378. The Morgan fingerprint density at radius 1 is 0.980 bits per heavy atom. The number of fused-ring (bicyclic) bond motifs is 3. The minimum absolute atomic E-state index is 0.127. The van der Waals surface area contributed by atoms with Gasteiger partial charge in [0.25, 0.3) is 0 Å². The second-order valence-electron chi connectivity index (χ2n) is 12.1. The molecule has 0 radical (unpaired) electrons. The first kappa shape index (κ1) is 35.3. The Morgan fingerprint density at radius 3 is 2.41 bits per heavy atom. The lowest BCUT2D eigenvalue weighted by atomic mass is 9.95. The van der Waals surface area contributed by atoms with Crippen molar-refractivity contribution in [3.8, 4) is 28.4 Å². The molecule has 0 saturated carbocycles. The summed E-state index contributed by atoms with van der Waals surface area (Å²) in [6, 6.07) is 15.9. The van der Waals surface area contributed by atoms with Gasteiger partial charge in [0.2, 0.25) is 28.1 Å². The molecule has 49 heavy (non-hydrogen) atoms. The molecule has 0 aliphatic heterocycles. The first-order chi connectivity index (χ1) is 23.7. The van der Waals surface area contributed by atoms with E-state index in [9.17, 15) is 14.4 Å². The predicted molar refractivity (Wildman–Crippen MR) is 192 cm³/mol. The molecule has 2 amide bonds. The van der Waals surface area contributed by atoms with Crippen LogP contribution in [0.5, 0.6) is 17.2 Å². The van der Waals surface area contributed by atoms with Crippen LogP contribution in [0.15, 0.2) is 59.4 Å². The minimum Gasteiger partial charge on any atom is -0.493 e. The molecule has 3 atom stereocenters. The van der Waals surface area contributed by atoms with Gasteiger partial charge in [-0.3, -0.25) is 19.7 Å². The van der Waals surface area contributed by atoms with Crippen molar-refractivity contribution in [2.75, 3.05) is 32.0 Å². The number of carbonyl (C=O) groups is 2. The maximum Gasteiger partial charge on any atom is 0.248 e. The summed E-state index contributed by atoms with van der Waals surface area (Å²) in [5, 5.41) is 18.9. The summed E-state index contributed by atoms with van der Waals surface area (Å²) in [5.74, 6) is 0.756. The van der Waals surface area contributed by atoms with Crippen molar-refractivity contribution in [2.24, 2.45) is 5.92 Å². The summed E-state index contributed by atoms with van der Waals surface area (Å²) in [4.78, 5) is 40.0. The third-order valence-electron chi connectivity index (χ3n) is 8.89. The molecule has 0 fully saturated rings. The van der Waals surface area contributed by atoms with E-state index in [2.05, 4.69) is 38.3 Å². The van der Waals surface area contributed by atoms with Crippen molar-refractivity contribution < 1.29 is 23.8 Å². The van der Waals surface area contributed by atoms with Crippen molar-refractivity contribution in [3.05, 3.63) is 86.5 Å². The number of amides is 2. The fourth-order valence-corrected chi connectivity index (χ4v) is 6.92. The average molecular weight is 686 g/mol. The van der Waals surface area contributed by atoms with Crippen LogP contribution in [0.3, 0.4) is 0 Å². The molecule has 0 saturated heterocycles. The number of hydrogen-bond donors (Lipinski definition) is 3. The smallest absolute Gasteiger partial charge is 0.248 e. The van der Waals surface area contributed by atoms with Gasteiger partial charge in [-0.1, -0.05) is 68.0 Å². The highest BCUT2D eigenvalue weighted by molar-refractivity contribution is 7.15. The molecule has 1 aliphatic carbocycles. The molecular formula is C37H43N5O6S. The van der Waals surface area contributed by atoms with E-state index in [1.54, 1.807) is 33.5 Å². The van der Waals surface area contributed by atoms with E-state index in [1.807, 2.05) is 44.2 Å². The topological polar surface area (TPSA) is 141 Å². The van der Waals surface area contributed by atoms with Gasteiger partial charge in [0.1, 0.15) is 11.0 Å². The maximum absolute atomic E-state index is 13.9. The monoisotopic (exact) mass is 685 g/mol. The van der Waals surface area contributed by atoms with Gasteiger partial charge >= 0.3 is 0 Å². The molecule has 1 aromatic heterocycles. The van der Waals surface area contributed by atoms with Crippen LogP contribution in [0.1, 0.15) is 61.4 Å². The van der Waals surface area contributed by atoms with E-state index in [0.717, 1.165) is 22.6 Å². The molecule has 3 N–H and O–H groups in total. The van der Waals surface area contributed by atoms with Crippen LogP contribution < -0.4 is 35.6 Å². The van der Waals surface area contributed by atoms with E-state index >= 15 is 0 Å². The van der Waals surface area contributed by atoms with Crippen molar-refractivity contribution in [3.63, 3.8) is 0 Å². The summed E-state index contributed by atoms with van der Waals surface area (Å²) >= 11 is 1.34. The first-order valence-corrected chi connectivity index (χ1v) is 17.2. The van der Waals surface area contributed by atoms with Gasteiger partial charge in [0.05, 0.1) is 33.1 Å². The van der Waals surface area contributed by atoms with Crippen molar-refractivity contribution in [1.82, 2.24) is 15.5 Å². The molecule has 3 aromatic carbocycles. The number of nitrogens with zero attached hydrogens (tertiary/aromatic N) is 2. The van der Waals surface area contributed by atoms with E-state index in [-0.39, 0.29) is 28.8 Å². The predicted octanol–water partition coefficient (Wildman–Crippen LogP) is 5.97. The van der Waals surface area contributed by atoms with Crippen molar-refractivity contribution in [2.45, 2.75) is 65.0 Å². The molecule has 12 heteroatoms. The number of anilines is 2. The highest BCUT2D eigenvalue weighted by atomic mass is 32.1. The van der Waals surface area contributed by atoms with Crippen LogP contribution in [-0.4, -0.2) is 49.4 Å². The zero-order chi connectivity index (χ0) is 35.1. The second kappa shape index (κ2) is 16.0. The Kier molecular flexibility index (Phi) is 11.5. The molecule has 1 heterocycles. The normalized spacial score (nSPS) is 14.7. The fourth-order valence-electron chi connectivity index (χ4n) is 6.18. The van der Waals surface area contributed by atoms with Gasteiger partial charge in [-0.15, -0.1) is 10.2 Å². The Bertz CT molecular complexity index is 1860. The molecule has 258 valence electrons. The molecule has 4 aromatic rings. The number of benzene rings is 2. The number of rotatable bonds is 13. The summed E-state index contributed by atoms with van der Waals surface area (Å²) in [6.07, 6.45) is 3.34. The SMILES string of the molecule is CCC(C)C(Nc1ccc2c(cc1=O)C(NC(C)=O)CCc1cc(OC)c(OC)c(OC)c1-2)C(=O)Nc1nnc(CCc2ccccc2)s1. The number of aromatic nitrogens is 2. The first-order valence-electron chi connectivity index (χ1n) is 16.4. The highest BCUT2D eigenvalue weighted by Crippen LogP contribution is 2.50. The summed E-state index contributed by atoms with van der Waals surface area (Å²) < 4.78 is 17.2. The van der Waals surface area contributed by atoms with Crippen LogP contribution in [-0.2, 0) is 28.9 Å². The Labute approximate surface area is 290 Å². The molecule has 0 spiro atoms. The summed E-state index contributed by atoms with van der Waals surface area (Å²) in [7, 11) is 4.67. The van der Waals surface area contributed by atoms with E-state index in [4.69, 9.17) is 14.2 Å². The van der Waals surface area contributed by atoms with Crippen LogP contribution in [0.2, 0.25) is 0 Å². The lowest BCUT2D eigenvalue weighted by Crippen LogP contribution is -2.40. The van der Waals surface area contributed by atoms with Gasteiger partial charge in [0.15, 0.2) is 11.5 Å². The molecule has 11 nitrogen and oxygen atoms in total. The number of ether oxygens (including phenoxy) is 3. The van der Waals surface area contributed by atoms with Gasteiger partial charge in [-0.2, -0.15) is 0 Å². The van der Waals surface area contributed by atoms with E-state index < -0.39 is 12.1 Å². The quantitative estimate of drug-likeness (QED) is 0.155. The number of nitrogens with one attached hydrogen (secondary N) is 3. The van der Waals surface area contributed by atoms with Crippen LogP contribution >= 0.6 is 11.3 Å².